The van der Waals surface area contributed by atoms with Crippen molar-refractivity contribution in [2.24, 2.45) is 5.92 Å². The first-order valence-corrected chi connectivity index (χ1v) is 6.42. The molecular weight excluding hydrogens is 240 g/mol. The molecule has 0 atom stereocenters. The smallest absolute Gasteiger partial charge is 0.140 e. The van der Waals surface area contributed by atoms with Crippen molar-refractivity contribution >= 4 is 17.3 Å². The zero-order chi connectivity index (χ0) is 14.8. The maximum absolute atomic E-state index is 11.2. The molecule has 3 heteroatoms. The third-order valence-electron chi connectivity index (χ3n) is 2.76. The van der Waals surface area contributed by atoms with Crippen molar-refractivity contribution in [1.29, 1.82) is 0 Å². The van der Waals surface area contributed by atoms with Crippen LogP contribution in [0.3, 0.4) is 0 Å². The molecule has 0 aliphatic rings. The van der Waals surface area contributed by atoms with Crippen molar-refractivity contribution in [3.63, 3.8) is 0 Å². The second-order valence-electron chi connectivity index (χ2n) is 4.52. The topological polar surface area (TPSA) is 51.2 Å². The molecule has 0 amide bonds. The van der Waals surface area contributed by atoms with Gasteiger partial charge in [0.05, 0.1) is 5.92 Å². The van der Waals surface area contributed by atoms with Crippen molar-refractivity contribution in [3.05, 3.63) is 35.9 Å². The molecule has 0 N–H and O–H groups in total. The van der Waals surface area contributed by atoms with Crippen LogP contribution >= 0.6 is 0 Å². The minimum atomic E-state index is -0.475. The molecule has 19 heavy (non-hydrogen) atoms. The Labute approximate surface area is 115 Å². The van der Waals surface area contributed by atoms with E-state index in [4.69, 9.17) is 0 Å². The minimum absolute atomic E-state index is 0.0543. The van der Waals surface area contributed by atoms with E-state index in [1.165, 1.54) is 13.8 Å². The highest BCUT2D eigenvalue weighted by atomic mass is 16.1. The predicted molar refractivity (Wildman–Crippen MR) is 76.0 cm³/mol. The van der Waals surface area contributed by atoms with Crippen molar-refractivity contribution in [3.8, 4) is 0 Å². The molecule has 104 valence electrons. The molecule has 0 aliphatic heterocycles. The number of carbonyl (C=O) groups excluding carboxylic acids is 3. The molecule has 1 rings (SSSR count). The predicted octanol–water partition coefficient (Wildman–Crippen LogP) is 3.01. The van der Waals surface area contributed by atoms with Gasteiger partial charge in [0.1, 0.15) is 17.3 Å². The minimum Gasteiger partial charge on any atom is -0.300 e. The number of hydrogen-bond acceptors (Lipinski definition) is 3. The van der Waals surface area contributed by atoms with Gasteiger partial charge in [-0.2, -0.15) is 0 Å². The van der Waals surface area contributed by atoms with E-state index in [9.17, 15) is 14.4 Å². The first-order chi connectivity index (χ1) is 8.88. The van der Waals surface area contributed by atoms with Crippen LogP contribution in [-0.2, 0) is 20.8 Å². The summed E-state index contributed by atoms with van der Waals surface area (Å²) in [5, 5.41) is 0. The fraction of sp³-hybridized carbons (Fsp3) is 0.438. The summed E-state index contributed by atoms with van der Waals surface area (Å²) in [6.45, 7) is 6.37. The van der Waals surface area contributed by atoms with Gasteiger partial charge in [-0.15, -0.1) is 0 Å². The lowest BCUT2D eigenvalue weighted by Gasteiger charge is -2.09. The van der Waals surface area contributed by atoms with Crippen molar-refractivity contribution < 1.29 is 14.4 Å². The molecule has 1 aromatic rings. The quantitative estimate of drug-likeness (QED) is 0.766. The summed E-state index contributed by atoms with van der Waals surface area (Å²) < 4.78 is 0. The number of hydrogen-bond donors (Lipinski definition) is 0. The Balaban J connectivity index is 0.000000555. The molecule has 0 radical (unpaired) electrons. The van der Waals surface area contributed by atoms with E-state index in [-0.39, 0.29) is 17.3 Å². The lowest BCUT2D eigenvalue weighted by atomic mass is 9.93. The summed E-state index contributed by atoms with van der Waals surface area (Å²) in [7, 11) is 0. The number of rotatable bonds is 5. The molecule has 0 saturated heterocycles. The summed E-state index contributed by atoms with van der Waals surface area (Å²) >= 11 is 0. The zero-order valence-corrected chi connectivity index (χ0v) is 12.1. The van der Waals surface area contributed by atoms with Gasteiger partial charge in [-0.05, 0) is 32.8 Å². The number of Topliss-reactive ketones (excluding diaryl/α,β-unsaturated/α-hetero) is 3. The molecule has 0 bridgehead atoms. The Morgan fingerprint density at radius 1 is 0.947 bits per heavy atom. The highest BCUT2D eigenvalue weighted by Gasteiger charge is 2.19. The molecule has 0 fully saturated rings. The lowest BCUT2D eigenvalue weighted by molar-refractivity contribution is -0.130. The van der Waals surface area contributed by atoms with Gasteiger partial charge in [-0.25, -0.2) is 0 Å². The summed E-state index contributed by atoms with van der Waals surface area (Å²) in [5.41, 5.74) is 1.03. The van der Waals surface area contributed by atoms with Gasteiger partial charge >= 0.3 is 0 Å². The van der Waals surface area contributed by atoms with E-state index in [2.05, 4.69) is 0 Å². The molecule has 3 nitrogen and oxygen atoms in total. The molecule has 0 heterocycles. The maximum Gasteiger partial charge on any atom is 0.140 e. The van der Waals surface area contributed by atoms with Crippen LogP contribution in [0.25, 0.3) is 0 Å². The number of ketones is 3. The summed E-state index contributed by atoms with van der Waals surface area (Å²) in [5.74, 6) is -0.329. The van der Waals surface area contributed by atoms with Crippen LogP contribution < -0.4 is 0 Å². The van der Waals surface area contributed by atoms with Gasteiger partial charge in [-0.1, -0.05) is 37.3 Å². The van der Waals surface area contributed by atoms with Crippen LogP contribution in [0.4, 0.5) is 0 Å². The zero-order valence-electron chi connectivity index (χ0n) is 12.1. The molecule has 0 spiro atoms. The Bertz CT molecular complexity index is 407. The second-order valence-corrected chi connectivity index (χ2v) is 4.52. The van der Waals surface area contributed by atoms with E-state index in [1.807, 2.05) is 37.3 Å². The average Bonchev–Trinajstić information content (AvgIpc) is 2.37. The highest BCUT2D eigenvalue weighted by Crippen LogP contribution is 2.10. The van der Waals surface area contributed by atoms with Crippen molar-refractivity contribution in [2.75, 3.05) is 0 Å². The van der Waals surface area contributed by atoms with Crippen LogP contribution in [0.5, 0.6) is 0 Å². The van der Waals surface area contributed by atoms with Crippen LogP contribution in [0.15, 0.2) is 30.3 Å². The van der Waals surface area contributed by atoms with Crippen LogP contribution in [-0.4, -0.2) is 17.3 Å². The van der Waals surface area contributed by atoms with Crippen LogP contribution in [0, 0.1) is 5.92 Å². The molecule has 0 unspecified atom stereocenters. The summed E-state index contributed by atoms with van der Waals surface area (Å²) in [4.78, 5) is 32.2. The Hall–Kier alpha value is -1.77. The van der Waals surface area contributed by atoms with E-state index in [0.717, 1.165) is 5.56 Å². The van der Waals surface area contributed by atoms with Gasteiger partial charge < -0.3 is 4.79 Å². The van der Waals surface area contributed by atoms with Gasteiger partial charge in [0.2, 0.25) is 0 Å². The normalized spacial score (nSPS) is 9.53. The summed E-state index contributed by atoms with van der Waals surface area (Å²) in [6, 6.07) is 9.59. The van der Waals surface area contributed by atoms with E-state index in [0.29, 0.717) is 12.8 Å². The monoisotopic (exact) mass is 262 g/mol. The van der Waals surface area contributed by atoms with E-state index < -0.39 is 5.92 Å². The third-order valence-corrected chi connectivity index (χ3v) is 2.76. The molecule has 1 aromatic carbocycles. The molecule has 0 saturated carbocycles. The molecule has 0 aliphatic carbocycles. The Kier molecular flexibility index (Phi) is 8.34. The summed E-state index contributed by atoms with van der Waals surface area (Å²) in [6.07, 6.45) is 1.19. The van der Waals surface area contributed by atoms with Crippen LogP contribution in [0.2, 0.25) is 0 Å². The maximum atomic E-state index is 11.2. The lowest BCUT2D eigenvalue weighted by Crippen LogP contribution is -2.21. The average molecular weight is 262 g/mol. The van der Waals surface area contributed by atoms with Gasteiger partial charge in [0, 0.05) is 6.42 Å². The van der Waals surface area contributed by atoms with E-state index in [1.54, 1.807) is 6.92 Å². The fourth-order valence-electron chi connectivity index (χ4n) is 1.42. The van der Waals surface area contributed by atoms with E-state index >= 15 is 0 Å². The molecule has 0 aromatic heterocycles. The van der Waals surface area contributed by atoms with Crippen molar-refractivity contribution in [2.45, 2.75) is 40.5 Å². The van der Waals surface area contributed by atoms with Crippen LogP contribution in [0.1, 0.15) is 39.7 Å². The van der Waals surface area contributed by atoms with Gasteiger partial charge in [0.15, 0.2) is 0 Å². The largest absolute Gasteiger partial charge is 0.300 e. The highest BCUT2D eigenvalue weighted by molar-refractivity contribution is 6.00. The number of carbonyl (C=O) groups is 3. The molecular formula is C16H22O3. The van der Waals surface area contributed by atoms with Gasteiger partial charge in [-0.3, -0.25) is 9.59 Å². The Morgan fingerprint density at radius 3 is 1.68 bits per heavy atom. The van der Waals surface area contributed by atoms with Gasteiger partial charge in [0.25, 0.3) is 0 Å². The third kappa shape index (κ3) is 8.03. The van der Waals surface area contributed by atoms with Crippen molar-refractivity contribution in [1.82, 2.24) is 0 Å². The first kappa shape index (κ1) is 17.2. The Morgan fingerprint density at radius 2 is 1.37 bits per heavy atom. The second kappa shape index (κ2) is 9.20. The number of benzene rings is 1. The SMILES string of the molecule is CC(=O)C(Cc1ccccc1)C(C)=O.CCC(C)=O. The standard InChI is InChI=1S/C12H14O2.C4H8O/c1-9(13)12(10(2)14)8-11-6-4-3-5-7-11;1-3-4(2)5/h3-7,12H,8H2,1-2H3;3H2,1-2H3. The first-order valence-electron chi connectivity index (χ1n) is 6.42. The fourth-order valence-corrected chi connectivity index (χ4v) is 1.42.